The fraction of sp³-hybridized carbons (Fsp3) is 0.0370. The van der Waals surface area contributed by atoms with Crippen LogP contribution in [0.5, 0.6) is 0 Å². The van der Waals surface area contributed by atoms with E-state index in [0.717, 1.165) is 27.3 Å². The summed E-state index contributed by atoms with van der Waals surface area (Å²) >= 11 is 7.57. The van der Waals surface area contributed by atoms with Gasteiger partial charge in [-0.2, -0.15) is 0 Å². The van der Waals surface area contributed by atoms with Gasteiger partial charge in [-0.15, -0.1) is 6.58 Å². The van der Waals surface area contributed by atoms with Crippen molar-refractivity contribution < 1.29 is 4.79 Å². The lowest BCUT2D eigenvalue weighted by molar-refractivity contribution is -0.111. The summed E-state index contributed by atoms with van der Waals surface area (Å²) in [6.07, 6.45) is 5.15. The highest BCUT2D eigenvalue weighted by Crippen LogP contribution is 2.31. The second kappa shape index (κ2) is 10.8. The van der Waals surface area contributed by atoms with E-state index in [4.69, 9.17) is 16.6 Å². The van der Waals surface area contributed by atoms with Crippen LogP contribution in [0.4, 0.5) is 10.7 Å². The molecule has 3 aromatic carbocycles. The van der Waals surface area contributed by atoms with Crippen LogP contribution < -0.4 is 10.1 Å². The third kappa shape index (κ3) is 5.77. The van der Waals surface area contributed by atoms with Gasteiger partial charge in [0.25, 0.3) is 0 Å². The average Bonchev–Trinajstić information content (AvgIpc) is 3.15. The van der Waals surface area contributed by atoms with Crippen molar-refractivity contribution in [3.05, 3.63) is 119 Å². The van der Waals surface area contributed by atoms with E-state index in [1.165, 1.54) is 17.4 Å². The Labute approximate surface area is 201 Å². The minimum atomic E-state index is -0.211. The number of nitrogens with zero attached hydrogens (tertiary/aromatic N) is 2. The monoisotopic (exact) mass is 471 g/mol. The van der Waals surface area contributed by atoms with Gasteiger partial charge in [0.05, 0.1) is 11.4 Å². The highest BCUT2D eigenvalue weighted by atomic mass is 35.5. The van der Waals surface area contributed by atoms with Crippen LogP contribution in [0.1, 0.15) is 5.56 Å². The van der Waals surface area contributed by atoms with Crippen molar-refractivity contribution in [3.8, 4) is 11.3 Å². The molecule has 4 aromatic rings. The number of hydrogen-bond donors (Lipinski definition) is 1. The number of carbonyl (C=O) groups is 1. The molecule has 1 aromatic heterocycles. The first kappa shape index (κ1) is 22.5. The lowest BCUT2D eigenvalue weighted by atomic mass is 10.1. The standard InChI is InChI=1S/C27H22ClN3OS/c1-2-18-31-25(21-12-7-4-8-13-21)26(30-24(32)17-16-20-10-5-3-6-11-20)33-27(31)29-23-15-9-14-22(28)19-23/h2-17,19H,1,18H2,(H,30,32). The molecule has 0 spiro atoms. The normalized spacial score (nSPS) is 11.6. The molecule has 4 nitrogen and oxygen atoms in total. The van der Waals surface area contributed by atoms with Gasteiger partial charge in [0.2, 0.25) is 5.91 Å². The topological polar surface area (TPSA) is 46.4 Å². The summed E-state index contributed by atoms with van der Waals surface area (Å²) in [6, 6.07) is 27.0. The van der Waals surface area contributed by atoms with Gasteiger partial charge in [-0.1, -0.05) is 95.7 Å². The Kier molecular flexibility index (Phi) is 7.35. The third-order valence-corrected chi connectivity index (χ3v) is 5.99. The second-order valence-corrected chi connectivity index (χ2v) is 8.57. The zero-order chi connectivity index (χ0) is 23.0. The van der Waals surface area contributed by atoms with E-state index in [-0.39, 0.29) is 5.91 Å². The first-order chi connectivity index (χ1) is 16.1. The summed E-state index contributed by atoms with van der Waals surface area (Å²) in [6.45, 7) is 4.45. The molecule has 0 radical (unpaired) electrons. The number of halogens is 1. The molecule has 1 heterocycles. The van der Waals surface area contributed by atoms with Gasteiger partial charge in [-0.3, -0.25) is 4.79 Å². The van der Waals surface area contributed by atoms with Crippen LogP contribution in [0.2, 0.25) is 5.02 Å². The van der Waals surface area contributed by atoms with Crippen molar-refractivity contribution in [2.75, 3.05) is 5.32 Å². The minimum Gasteiger partial charge on any atom is -0.312 e. The number of rotatable bonds is 7. The molecule has 0 saturated heterocycles. The predicted molar refractivity (Wildman–Crippen MR) is 139 cm³/mol. The van der Waals surface area contributed by atoms with Gasteiger partial charge in [0.1, 0.15) is 5.00 Å². The summed E-state index contributed by atoms with van der Waals surface area (Å²) in [7, 11) is 0. The lowest BCUT2D eigenvalue weighted by Gasteiger charge is -2.09. The Balaban J connectivity index is 1.79. The van der Waals surface area contributed by atoms with Crippen LogP contribution in [0, 0.1) is 0 Å². The van der Waals surface area contributed by atoms with Gasteiger partial charge in [0.15, 0.2) is 4.80 Å². The van der Waals surface area contributed by atoms with Crippen molar-refractivity contribution >= 4 is 45.6 Å². The second-order valence-electron chi connectivity index (χ2n) is 7.15. The molecular weight excluding hydrogens is 450 g/mol. The van der Waals surface area contributed by atoms with Crippen LogP contribution >= 0.6 is 22.9 Å². The zero-order valence-electron chi connectivity index (χ0n) is 17.8. The third-order valence-electron chi connectivity index (χ3n) is 4.76. The van der Waals surface area contributed by atoms with Crippen molar-refractivity contribution in [3.63, 3.8) is 0 Å². The van der Waals surface area contributed by atoms with Gasteiger partial charge >= 0.3 is 0 Å². The number of anilines is 1. The number of aromatic nitrogens is 1. The van der Waals surface area contributed by atoms with Crippen LogP contribution in [-0.4, -0.2) is 10.5 Å². The number of carbonyl (C=O) groups excluding carboxylic acids is 1. The SMILES string of the molecule is C=CCn1c(-c2ccccc2)c(NC(=O)C=Cc2ccccc2)sc1=Nc1cccc(Cl)c1. The van der Waals surface area contributed by atoms with Gasteiger partial charge in [-0.25, -0.2) is 4.99 Å². The van der Waals surface area contributed by atoms with Crippen LogP contribution in [0.15, 0.2) is 109 Å². The van der Waals surface area contributed by atoms with Crippen molar-refractivity contribution in [1.29, 1.82) is 0 Å². The summed E-state index contributed by atoms with van der Waals surface area (Å²) in [4.78, 5) is 18.3. The van der Waals surface area contributed by atoms with E-state index in [1.54, 1.807) is 6.08 Å². The summed E-state index contributed by atoms with van der Waals surface area (Å²) in [5.74, 6) is -0.211. The number of amides is 1. The van der Waals surface area contributed by atoms with Gasteiger partial charge < -0.3 is 9.88 Å². The molecule has 0 aliphatic rings. The maximum atomic E-state index is 12.8. The smallest absolute Gasteiger partial charge is 0.249 e. The number of allylic oxidation sites excluding steroid dienone is 1. The molecule has 1 N–H and O–H groups in total. The van der Waals surface area contributed by atoms with Crippen LogP contribution in [0.3, 0.4) is 0 Å². The largest absolute Gasteiger partial charge is 0.312 e. The maximum Gasteiger partial charge on any atom is 0.249 e. The molecule has 0 unspecified atom stereocenters. The van der Waals surface area contributed by atoms with Crippen molar-refractivity contribution in [2.24, 2.45) is 4.99 Å². The van der Waals surface area contributed by atoms with Crippen molar-refractivity contribution in [1.82, 2.24) is 4.57 Å². The molecule has 0 bridgehead atoms. The molecule has 1 amide bonds. The van der Waals surface area contributed by atoms with Gasteiger partial charge in [0, 0.05) is 23.2 Å². The Morgan fingerprint density at radius 2 is 1.76 bits per heavy atom. The predicted octanol–water partition coefficient (Wildman–Crippen LogP) is 6.94. The molecule has 0 aliphatic carbocycles. The molecule has 0 atom stereocenters. The lowest BCUT2D eigenvalue weighted by Crippen LogP contribution is -2.15. The summed E-state index contributed by atoms with van der Waals surface area (Å²) < 4.78 is 2.05. The quantitative estimate of drug-likeness (QED) is 0.230. The average molecular weight is 472 g/mol. The van der Waals surface area contributed by atoms with E-state index in [1.807, 2.05) is 95.6 Å². The molecule has 164 valence electrons. The van der Waals surface area contributed by atoms with E-state index in [9.17, 15) is 4.79 Å². The number of thiazole rings is 1. The van der Waals surface area contributed by atoms with Crippen molar-refractivity contribution in [2.45, 2.75) is 6.54 Å². The minimum absolute atomic E-state index is 0.211. The molecular formula is C27H22ClN3OS. The Bertz CT molecular complexity index is 1360. The Hall–Kier alpha value is -3.67. The van der Waals surface area contributed by atoms with E-state index in [0.29, 0.717) is 16.6 Å². The molecule has 4 rings (SSSR count). The molecule has 0 saturated carbocycles. The molecule has 6 heteroatoms. The van der Waals surface area contributed by atoms with E-state index < -0.39 is 0 Å². The van der Waals surface area contributed by atoms with Crippen LogP contribution in [-0.2, 0) is 11.3 Å². The number of nitrogens with one attached hydrogen (secondary N) is 1. The number of hydrogen-bond acceptors (Lipinski definition) is 3. The highest BCUT2D eigenvalue weighted by molar-refractivity contribution is 7.14. The Morgan fingerprint density at radius 3 is 2.45 bits per heavy atom. The van der Waals surface area contributed by atoms with Gasteiger partial charge in [-0.05, 0) is 29.8 Å². The highest BCUT2D eigenvalue weighted by Gasteiger charge is 2.16. The molecule has 0 aliphatic heterocycles. The first-order valence-corrected chi connectivity index (χ1v) is 11.6. The summed E-state index contributed by atoms with van der Waals surface area (Å²) in [5, 5.41) is 4.38. The molecule has 33 heavy (non-hydrogen) atoms. The van der Waals surface area contributed by atoms with E-state index >= 15 is 0 Å². The molecule has 0 fully saturated rings. The van der Waals surface area contributed by atoms with Crippen LogP contribution in [0.25, 0.3) is 17.3 Å². The fourth-order valence-corrected chi connectivity index (χ4v) is 4.58. The fourth-order valence-electron chi connectivity index (χ4n) is 3.31. The van der Waals surface area contributed by atoms with E-state index in [2.05, 4.69) is 11.9 Å². The number of benzene rings is 3. The first-order valence-electron chi connectivity index (χ1n) is 10.4. The maximum absolute atomic E-state index is 12.8. The summed E-state index contributed by atoms with van der Waals surface area (Å²) in [5.41, 5.74) is 3.55. The Morgan fingerprint density at radius 1 is 1.03 bits per heavy atom. The zero-order valence-corrected chi connectivity index (χ0v) is 19.4.